The Balaban J connectivity index is 2.13. The summed E-state index contributed by atoms with van der Waals surface area (Å²) in [5, 5.41) is 3.91. The molecule has 0 spiro atoms. The van der Waals surface area contributed by atoms with Gasteiger partial charge in [-0.2, -0.15) is 5.10 Å². The van der Waals surface area contributed by atoms with E-state index in [1.165, 1.54) is 26.5 Å². The molecule has 0 aliphatic rings. The number of amides is 1. The zero-order valence-corrected chi connectivity index (χ0v) is 20.3. The minimum absolute atomic E-state index is 0.301. The van der Waals surface area contributed by atoms with E-state index in [1.807, 2.05) is 0 Å². The first kappa shape index (κ1) is 25.2. The van der Waals surface area contributed by atoms with Gasteiger partial charge in [-0.3, -0.25) is 9.10 Å². The fourth-order valence-corrected chi connectivity index (χ4v) is 4.03. The number of halogens is 1. The third-order valence-corrected chi connectivity index (χ3v) is 5.76. The lowest BCUT2D eigenvalue weighted by atomic mass is 10.2. The van der Waals surface area contributed by atoms with Crippen LogP contribution in [0.1, 0.15) is 5.56 Å². The fourth-order valence-electron chi connectivity index (χ4n) is 2.61. The van der Waals surface area contributed by atoms with Gasteiger partial charge < -0.3 is 14.2 Å². The molecule has 0 aliphatic carbocycles. The normalized spacial score (nSPS) is 11.1. The third-order valence-electron chi connectivity index (χ3n) is 4.03. The summed E-state index contributed by atoms with van der Waals surface area (Å²) in [7, 11) is -0.748. The highest BCUT2D eigenvalue weighted by Gasteiger charge is 2.21. The molecule has 0 saturated heterocycles. The van der Waals surface area contributed by atoms with Crippen LogP contribution in [0.25, 0.3) is 0 Å². The van der Waals surface area contributed by atoms with Gasteiger partial charge in [-0.25, -0.2) is 13.8 Å². The van der Waals surface area contributed by atoms with Gasteiger partial charge in [0.15, 0.2) is 11.5 Å². The topological polar surface area (TPSA) is 107 Å². The van der Waals surface area contributed by atoms with Gasteiger partial charge in [0.05, 0.1) is 36.9 Å². The van der Waals surface area contributed by atoms with Gasteiger partial charge in [0.25, 0.3) is 5.91 Å². The minimum atomic E-state index is -3.72. The first-order valence-corrected chi connectivity index (χ1v) is 11.9. The number of carbonyl (C=O) groups excluding carboxylic acids is 1. The Kier molecular flexibility index (Phi) is 9.09. The van der Waals surface area contributed by atoms with Crippen molar-refractivity contribution in [2.24, 2.45) is 5.10 Å². The number of hydrogen-bond acceptors (Lipinski definition) is 7. The van der Waals surface area contributed by atoms with E-state index in [0.717, 1.165) is 10.6 Å². The van der Waals surface area contributed by atoms with Gasteiger partial charge in [-0.15, -0.1) is 0 Å². The molecule has 0 aromatic heterocycles. The molecule has 1 N–H and O–H groups in total. The molecular formula is C21H24BrN3O6S. The first-order chi connectivity index (χ1) is 15.2. The average molecular weight is 526 g/mol. The summed E-state index contributed by atoms with van der Waals surface area (Å²) in [4.78, 5) is 12.4. The number of hydrogen-bond donors (Lipinski definition) is 1. The second-order valence-corrected chi connectivity index (χ2v) is 9.16. The maximum absolute atomic E-state index is 12.4. The Morgan fingerprint density at radius 1 is 1.25 bits per heavy atom. The second-order valence-electron chi connectivity index (χ2n) is 6.40. The van der Waals surface area contributed by atoms with Crippen molar-refractivity contribution in [2.45, 2.75) is 0 Å². The number of rotatable bonds is 11. The molecule has 0 atom stereocenters. The van der Waals surface area contributed by atoms with Crippen molar-refractivity contribution in [3.05, 3.63) is 59.1 Å². The monoisotopic (exact) mass is 525 g/mol. The summed E-state index contributed by atoms with van der Waals surface area (Å²) in [5.74, 6) is 0.826. The molecule has 11 heteroatoms. The average Bonchev–Trinajstić information content (AvgIpc) is 2.75. The molecule has 1 amide bonds. The number of carbonyl (C=O) groups is 1. The summed E-state index contributed by atoms with van der Waals surface area (Å²) in [6, 6.07) is 9.81. The predicted octanol–water partition coefficient (Wildman–Crippen LogP) is 2.95. The van der Waals surface area contributed by atoms with E-state index in [0.29, 0.717) is 39.6 Å². The number of anilines is 1. The van der Waals surface area contributed by atoms with E-state index in [4.69, 9.17) is 14.2 Å². The highest BCUT2D eigenvalue weighted by atomic mass is 79.9. The van der Waals surface area contributed by atoms with Crippen LogP contribution in [0, 0.1) is 0 Å². The molecule has 0 unspecified atom stereocenters. The van der Waals surface area contributed by atoms with E-state index in [1.54, 1.807) is 36.4 Å². The molecule has 32 heavy (non-hydrogen) atoms. The van der Waals surface area contributed by atoms with E-state index in [9.17, 15) is 13.2 Å². The first-order valence-electron chi connectivity index (χ1n) is 9.24. The highest BCUT2D eigenvalue weighted by molar-refractivity contribution is 9.10. The van der Waals surface area contributed by atoms with Crippen molar-refractivity contribution < 1.29 is 27.4 Å². The smallest absolute Gasteiger partial charge is 0.260 e. The third kappa shape index (κ3) is 6.99. The van der Waals surface area contributed by atoms with Crippen LogP contribution in [0.4, 0.5) is 5.69 Å². The van der Waals surface area contributed by atoms with Crippen LogP contribution in [0.2, 0.25) is 0 Å². The molecule has 0 bridgehead atoms. The Labute approximate surface area is 195 Å². The van der Waals surface area contributed by atoms with Gasteiger partial charge in [0.1, 0.15) is 18.9 Å². The Morgan fingerprint density at radius 2 is 2.00 bits per heavy atom. The quantitative estimate of drug-likeness (QED) is 0.274. The molecule has 172 valence electrons. The van der Waals surface area contributed by atoms with E-state index < -0.39 is 22.5 Å². The maximum Gasteiger partial charge on any atom is 0.260 e. The molecule has 2 aromatic carbocycles. The molecule has 0 radical (unpaired) electrons. The van der Waals surface area contributed by atoms with Crippen LogP contribution in [0.3, 0.4) is 0 Å². The summed E-state index contributed by atoms with van der Waals surface area (Å²) in [6.07, 6.45) is 4.03. The number of methoxy groups -OCH3 is 2. The lowest BCUT2D eigenvalue weighted by Crippen LogP contribution is -2.39. The standard InChI is InChI=1S/C21H24BrN3O6S/c1-5-9-31-21-18(22)10-15(11-19(21)30-3)13-23-24-20(26)14-25(32(4,27)28)16-7-6-8-17(12-16)29-2/h5-8,10-13H,1,9,14H2,2-4H3,(H,24,26)/b23-13-. The molecule has 2 rings (SSSR count). The predicted molar refractivity (Wildman–Crippen MR) is 127 cm³/mol. The summed E-state index contributed by atoms with van der Waals surface area (Å²) < 4.78 is 42.0. The van der Waals surface area contributed by atoms with Crippen LogP contribution < -0.4 is 23.9 Å². The fraction of sp³-hybridized carbons (Fsp3) is 0.238. The van der Waals surface area contributed by atoms with Crippen LogP contribution in [-0.4, -0.2) is 54.2 Å². The zero-order valence-electron chi connectivity index (χ0n) is 17.9. The number of sulfonamides is 1. The van der Waals surface area contributed by atoms with Crippen LogP contribution >= 0.6 is 15.9 Å². The molecule has 0 saturated carbocycles. The Hall–Kier alpha value is -3.05. The lowest BCUT2D eigenvalue weighted by molar-refractivity contribution is -0.119. The van der Waals surface area contributed by atoms with Crippen LogP contribution in [0.5, 0.6) is 17.2 Å². The zero-order chi connectivity index (χ0) is 23.7. The second kappa shape index (κ2) is 11.5. The number of nitrogens with zero attached hydrogens (tertiary/aromatic N) is 2. The molecule has 0 aliphatic heterocycles. The highest BCUT2D eigenvalue weighted by Crippen LogP contribution is 2.36. The van der Waals surface area contributed by atoms with Crippen molar-refractivity contribution in [3.8, 4) is 17.2 Å². The summed E-state index contributed by atoms with van der Waals surface area (Å²) in [6.45, 7) is 3.46. The van der Waals surface area contributed by atoms with Crippen molar-refractivity contribution in [1.82, 2.24) is 5.43 Å². The van der Waals surface area contributed by atoms with Gasteiger partial charge in [-0.05, 0) is 45.8 Å². The van der Waals surface area contributed by atoms with Crippen molar-refractivity contribution in [3.63, 3.8) is 0 Å². The Morgan fingerprint density at radius 3 is 2.62 bits per heavy atom. The van der Waals surface area contributed by atoms with Gasteiger partial charge in [0, 0.05) is 6.07 Å². The Bertz CT molecular complexity index is 1100. The van der Waals surface area contributed by atoms with Crippen molar-refractivity contribution in [1.29, 1.82) is 0 Å². The van der Waals surface area contributed by atoms with Gasteiger partial charge in [-0.1, -0.05) is 18.7 Å². The number of benzene rings is 2. The van der Waals surface area contributed by atoms with Crippen molar-refractivity contribution in [2.75, 3.05) is 37.9 Å². The molecule has 0 heterocycles. The van der Waals surface area contributed by atoms with E-state index >= 15 is 0 Å². The van der Waals surface area contributed by atoms with Crippen LogP contribution in [-0.2, 0) is 14.8 Å². The molecular weight excluding hydrogens is 502 g/mol. The van der Waals surface area contributed by atoms with E-state index in [-0.39, 0.29) is 0 Å². The summed E-state index contributed by atoms with van der Waals surface area (Å²) in [5.41, 5.74) is 3.25. The van der Waals surface area contributed by atoms with Gasteiger partial charge in [0.2, 0.25) is 10.0 Å². The van der Waals surface area contributed by atoms with Crippen LogP contribution in [0.15, 0.2) is 58.6 Å². The number of hydrazone groups is 1. The molecule has 2 aromatic rings. The molecule has 0 fully saturated rings. The maximum atomic E-state index is 12.4. The minimum Gasteiger partial charge on any atom is -0.497 e. The molecule has 9 nitrogen and oxygen atoms in total. The lowest BCUT2D eigenvalue weighted by Gasteiger charge is -2.21. The summed E-state index contributed by atoms with van der Waals surface area (Å²) >= 11 is 3.41. The largest absolute Gasteiger partial charge is 0.497 e. The van der Waals surface area contributed by atoms with Crippen molar-refractivity contribution >= 4 is 43.8 Å². The number of ether oxygens (including phenoxy) is 3. The number of nitrogens with one attached hydrogen (secondary N) is 1. The SMILES string of the molecule is C=CCOc1c(Br)cc(/C=N\NC(=O)CN(c2cccc(OC)c2)S(C)(=O)=O)cc1OC. The van der Waals surface area contributed by atoms with E-state index in [2.05, 4.69) is 33.0 Å². The van der Waals surface area contributed by atoms with Gasteiger partial charge >= 0.3 is 0 Å².